The third-order valence-corrected chi connectivity index (χ3v) is 2.29. The van der Waals surface area contributed by atoms with Gasteiger partial charge < -0.3 is 10.1 Å². The first-order chi connectivity index (χ1) is 7.31. The molecule has 6 heteroatoms. The summed E-state index contributed by atoms with van der Waals surface area (Å²) in [6, 6.07) is -0.438. The molecule has 0 aromatic rings. The van der Waals surface area contributed by atoms with Gasteiger partial charge in [0.25, 0.3) is 0 Å². The summed E-state index contributed by atoms with van der Waals surface area (Å²) in [6.45, 7) is 3.37. The number of nitrogens with one attached hydrogen (secondary N) is 1. The summed E-state index contributed by atoms with van der Waals surface area (Å²) in [6.07, 6.45) is -4.18. The van der Waals surface area contributed by atoms with E-state index in [0.29, 0.717) is 6.54 Å². The average Bonchev–Trinajstić information content (AvgIpc) is 2.12. The standard InChI is InChI=1S/C10H21F3N2O/c1-8(2)15(7-10(11,12)13)9(5-14-3)6-16-4/h8-9,14H,5-7H2,1-4H3. The van der Waals surface area contributed by atoms with Crippen molar-refractivity contribution in [1.29, 1.82) is 0 Å². The summed E-state index contributed by atoms with van der Waals surface area (Å²) in [5.74, 6) is 0. The van der Waals surface area contributed by atoms with Crippen LogP contribution in [-0.2, 0) is 4.74 Å². The summed E-state index contributed by atoms with van der Waals surface area (Å²) < 4.78 is 42.2. The Hall–Kier alpha value is -0.330. The van der Waals surface area contributed by atoms with E-state index in [2.05, 4.69) is 5.32 Å². The van der Waals surface area contributed by atoms with Crippen molar-refractivity contribution < 1.29 is 17.9 Å². The molecule has 0 heterocycles. The van der Waals surface area contributed by atoms with E-state index >= 15 is 0 Å². The van der Waals surface area contributed by atoms with E-state index in [1.807, 2.05) is 0 Å². The van der Waals surface area contributed by atoms with Crippen LogP contribution in [0.1, 0.15) is 13.8 Å². The van der Waals surface area contributed by atoms with Gasteiger partial charge in [0, 0.05) is 25.7 Å². The van der Waals surface area contributed by atoms with Gasteiger partial charge in [-0.05, 0) is 20.9 Å². The Kier molecular flexibility index (Phi) is 6.94. The number of methoxy groups -OCH3 is 1. The molecule has 0 spiro atoms. The molecule has 1 N–H and O–H groups in total. The second kappa shape index (κ2) is 7.09. The van der Waals surface area contributed by atoms with E-state index in [0.717, 1.165) is 0 Å². The summed E-state index contributed by atoms with van der Waals surface area (Å²) >= 11 is 0. The number of alkyl halides is 3. The van der Waals surface area contributed by atoms with Crippen LogP contribution in [0.3, 0.4) is 0 Å². The number of halogens is 3. The molecule has 0 bridgehead atoms. The second-order valence-corrected chi connectivity index (χ2v) is 4.05. The van der Waals surface area contributed by atoms with Crippen LogP contribution in [0.5, 0.6) is 0 Å². The van der Waals surface area contributed by atoms with Crippen molar-refractivity contribution >= 4 is 0 Å². The van der Waals surface area contributed by atoms with E-state index in [-0.39, 0.29) is 18.7 Å². The lowest BCUT2D eigenvalue weighted by Gasteiger charge is -2.35. The lowest BCUT2D eigenvalue weighted by atomic mass is 10.2. The quantitative estimate of drug-likeness (QED) is 0.732. The maximum atomic E-state index is 12.4. The molecule has 0 aliphatic carbocycles. The van der Waals surface area contributed by atoms with Crippen molar-refractivity contribution in [3.63, 3.8) is 0 Å². The topological polar surface area (TPSA) is 24.5 Å². The predicted octanol–water partition coefficient (Wildman–Crippen LogP) is 1.49. The first-order valence-corrected chi connectivity index (χ1v) is 5.27. The minimum atomic E-state index is -4.18. The molecule has 0 amide bonds. The predicted molar refractivity (Wildman–Crippen MR) is 57.5 cm³/mol. The molecule has 0 radical (unpaired) electrons. The third-order valence-electron chi connectivity index (χ3n) is 2.29. The van der Waals surface area contributed by atoms with Crippen LogP contribution in [0.4, 0.5) is 13.2 Å². The molecule has 0 aromatic carbocycles. The van der Waals surface area contributed by atoms with E-state index in [1.165, 1.54) is 12.0 Å². The van der Waals surface area contributed by atoms with Crippen LogP contribution in [0.2, 0.25) is 0 Å². The second-order valence-electron chi connectivity index (χ2n) is 4.05. The molecule has 0 aromatic heterocycles. The van der Waals surface area contributed by atoms with E-state index < -0.39 is 12.7 Å². The normalized spacial score (nSPS) is 14.8. The molecule has 0 aliphatic heterocycles. The van der Waals surface area contributed by atoms with Crippen molar-refractivity contribution in [1.82, 2.24) is 10.2 Å². The molecule has 98 valence electrons. The van der Waals surface area contributed by atoms with Crippen LogP contribution in [0, 0.1) is 0 Å². The number of rotatable bonds is 7. The Labute approximate surface area is 94.9 Å². The van der Waals surface area contributed by atoms with Crippen LogP contribution >= 0.6 is 0 Å². The maximum absolute atomic E-state index is 12.4. The minimum Gasteiger partial charge on any atom is -0.383 e. The molecule has 1 atom stereocenters. The van der Waals surface area contributed by atoms with Crippen molar-refractivity contribution in [3.05, 3.63) is 0 Å². The lowest BCUT2D eigenvalue weighted by Crippen LogP contribution is -2.51. The van der Waals surface area contributed by atoms with Gasteiger partial charge in [0.2, 0.25) is 0 Å². The van der Waals surface area contributed by atoms with Crippen LogP contribution < -0.4 is 5.32 Å². The SMILES string of the molecule is CNCC(COC)N(CC(F)(F)F)C(C)C. The molecular weight excluding hydrogens is 221 g/mol. The molecule has 0 rings (SSSR count). The zero-order valence-electron chi connectivity index (χ0n) is 10.3. The van der Waals surface area contributed by atoms with Crippen LogP contribution in [0.15, 0.2) is 0 Å². The smallest absolute Gasteiger partial charge is 0.383 e. The van der Waals surface area contributed by atoms with Gasteiger partial charge in [0.05, 0.1) is 13.2 Å². The van der Waals surface area contributed by atoms with Gasteiger partial charge in [0.15, 0.2) is 0 Å². The van der Waals surface area contributed by atoms with Crippen molar-refractivity contribution in [3.8, 4) is 0 Å². The summed E-state index contributed by atoms with van der Waals surface area (Å²) in [5.41, 5.74) is 0. The number of nitrogens with zero attached hydrogens (tertiary/aromatic N) is 1. The number of ether oxygens (including phenoxy) is 1. The van der Waals surface area contributed by atoms with Crippen molar-refractivity contribution in [2.45, 2.75) is 32.1 Å². The highest BCUT2D eigenvalue weighted by atomic mass is 19.4. The fourth-order valence-corrected chi connectivity index (χ4v) is 1.64. The molecular formula is C10H21F3N2O. The highest BCUT2D eigenvalue weighted by Gasteiger charge is 2.34. The van der Waals surface area contributed by atoms with Crippen molar-refractivity contribution in [2.24, 2.45) is 0 Å². The molecule has 0 saturated carbocycles. The van der Waals surface area contributed by atoms with Crippen molar-refractivity contribution in [2.75, 3.05) is 33.9 Å². The zero-order chi connectivity index (χ0) is 12.8. The van der Waals surface area contributed by atoms with Gasteiger partial charge in [0.1, 0.15) is 0 Å². The van der Waals surface area contributed by atoms with Gasteiger partial charge in [-0.3, -0.25) is 4.90 Å². The summed E-state index contributed by atoms with van der Waals surface area (Å²) in [4.78, 5) is 1.40. The molecule has 3 nitrogen and oxygen atoms in total. The highest BCUT2D eigenvalue weighted by Crippen LogP contribution is 2.19. The molecule has 0 fully saturated rings. The molecule has 1 unspecified atom stereocenters. The van der Waals surface area contributed by atoms with Gasteiger partial charge >= 0.3 is 6.18 Å². The maximum Gasteiger partial charge on any atom is 0.401 e. The van der Waals surface area contributed by atoms with Gasteiger partial charge in [-0.15, -0.1) is 0 Å². The Balaban J connectivity index is 4.57. The summed E-state index contributed by atoms with van der Waals surface area (Å²) in [5, 5.41) is 2.88. The number of likely N-dealkylation sites (N-methyl/N-ethyl adjacent to an activating group) is 1. The molecule has 0 aliphatic rings. The highest BCUT2D eigenvalue weighted by molar-refractivity contribution is 4.78. The largest absolute Gasteiger partial charge is 0.401 e. The Bertz CT molecular complexity index is 179. The number of hydrogen-bond acceptors (Lipinski definition) is 3. The fraction of sp³-hybridized carbons (Fsp3) is 1.00. The lowest BCUT2D eigenvalue weighted by molar-refractivity contribution is -0.157. The Morgan fingerprint density at radius 1 is 1.31 bits per heavy atom. The van der Waals surface area contributed by atoms with Gasteiger partial charge in [-0.2, -0.15) is 13.2 Å². The average molecular weight is 242 g/mol. The first-order valence-electron chi connectivity index (χ1n) is 5.27. The van der Waals surface area contributed by atoms with Crippen LogP contribution in [0.25, 0.3) is 0 Å². The molecule has 0 saturated heterocycles. The monoisotopic (exact) mass is 242 g/mol. The van der Waals surface area contributed by atoms with E-state index in [9.17, 15) is 13.2 Å². The Morgan fingerprint density at radius 3 is 2.19 bits per heavy atom. The van der Waals surface area contributed by atoms with Gasteiger partial charge in [-0.1, -0.05) is 0 Å². The first kappa shape index (κ1) is 15.7. The fourth-order valence-electron chi connectivity index (χ4n) is 1.64. The van der Waals surface area contributed by atoms with E-state index in [4.69, 9.17) is 4.74 Å². The number of hydrogen-bond donors (Lipinski definition) is 1. The third kappa shape index (κ3) is 6.30. The van der Waals surface area contributed by atoms with Gasteiger partial charge in [-0.25, -0.2) is 0 Å². The minimum absolute atomic E-state index is 0.171. The zero-order valence-corrected chi connectivity index (χ0v) is 10.3. The summed E-state index contributed by atoms with van der Waals surface area (Å²) in [7, 11) is 3.21. The Morgan fingerprint density at radius 2 is 1.88 bits per heavy atom. The van der Waals surface area contributed by atoms with E-state index in [1.54, 1.807) is 20.9 Å². The molecule has 16 heavy (non-hydrogen) atoms. The van der Waals surface area contributed by atoms with Crippen LogP contribution in [-0.4, -0.2) is 57.0 Å².